The Bertz CT molecular complexity index is 685. The molecule has 0 unspecified atom stereocenters. The van der Waals surface area contributed by atoms with Crippen LogP contribution in [0.4, 0.5) is 4.39 Å². The van der Waals surface area contributed by atoms with Crippen molar-refractivity contribution in [2.75, 3.05) is 6.54 Å². The van der Waals surface area contributed by atoms with Gasteiger partial charge < -0.3 is 5.32 Å². The first kappa shape index (κ1) is 20.8. The standard InChI is InChI=1S/C19H29FN2O3S/c1-3-7-15(2)21-19(23)14-22(17-8-5-4-6-9-17)26(24,25)18-12-10-16(20)11-13-18/h10-13,15,17H,3-9,14H2,1-2H3,(H,21,23)/t15-/m1/s1. The Morgan fingerprint density at radius 2 is 1.85 bits per heavy atom. The van der Waals surface area contributed by atoms with Gasteiger partial charge >= 0.3 is 0 Å². The summed E-state index contributed by atoms with van der Waals surface area (Å²) >= 11 is 0. The number of halogens is 1. The number of sulfonamides is 1. The summed E-state index contributed by atoms with van der Waals surface area (Å²) in [6.07, 6.45) is 6.28. The van der Waals surface area contributed by atoms with Gasteiger partial charge in [0.15, 0.2) is 0 Å². The summed E-state index contributed by atoms with van der Waals surface area (Å²) in [6.45, 7) is 3.76. The Labute approximate surface area is 156 Å². The first-order valence-electron chi connectivity index (χ1n) is 9.41. The van der Waals surface area contributed by atoms with Crippen molar-refractivity contribution in [3.05, 3.63) is 30.1 Å². The van der Waals surface area contributed by atoms with Crippen molar-refractivity contribution >= 4 is 15.9 Å². The molecule has 2 rings (SSSR count). The van der Waals surface area contributed by atoms with E-state index in [-0.39, 0.29) is 29.4 Å². The first-order chi connectivity index (χ1) is 12.3. The van der Waals surface area contributed by atoms with Crippen molar-refractivity contribution in [3.63, 3.8) is 0 Å². The minimum absolute atomic E-state index is 0.00855. The fraction of sp³-hybridized carbons (Fsp3) is 0.632. The molecule has 0 saturated heterocycles. The van der Waals surface area contributed by atoms with E-state index in [0.29, 0.717) is 0 Å². The minimum Gasteiger partial charge on any atom is -0.353 e. The van der Waals surface area contributed by atoms with Crippen molar-refractivity contribution in [2.24, 2.45) is 0 Å². The lowest BCUT2D eigenvalue weighted by atomic mass is 9.95. The van der Waals surface area contributed by atoms with Crippen LogP contribution < -0.4 is 5.32 Å². The molecule has 146 valence electrons. The van der Waals surface area contributed by atoms with E-state index < -0.39 is 15.8 Å². The molecule has 0 aromatic heterocycles. The molecule has 0 bridgehead atoms. The molecule has 0 spiro atoms. The summed E-state index contributed by atoms with van der Waals surface area (Å²) in [7, 11) is -3.85. The van der Waals surface area contributed by atoms with Crippen molar-refractivity contribution in [3.8, 4) is 0 Å². The van der Waals surface area contributed by atoms with Gasteiger partial charge in [-0.15, -0.1) is 0 Å². The van der Waals surface area contributed by atoms with Crippen LogP contribution in [0.2, 0.25) is 0 Å². The number of rotatable bonds is 8. The number of nitrogens with zero attached hydrogens (tertiary/aromatic N) is 1. The molecule has 1 amide bonds. The maximum absolute atomic E-state index is 13.2. The normalized spacial score (nSPS) is 17.2. The highest BCUT2D eigenvalue weighted by Crippen LogP contribution is 2.27. The highest BCUT2D eigenvalue weighted by atomic mass is 32.2. The second kappa shape index (κ2) is 9.46. The Hall–Kier alpha value is -1.47. The van der Waals surface area contributed by atoms with Crippen molar-refractivity contribution < 1.29 is 17.6 Å². The Kier molecular flexibility index (Phi) is 7.58. The van der Waals surface area contributed by atoms with E-state index in [1.165, 1.54) is 16.4 Å². The summed E-state index contributed by atoms with van der Waals surface area (Å²) in [5.41, 5.74) is 0. The molecule has 5 nitrogen and oxygen atoms in total. The predicted octanol–water partition coefficient (Wildman–Crippen LogP) is 3.45. The number of benzene rings is 1. The van der Waals surface area contributed by atoms with Gasteiger partial charge in [-0.25, -0.2) is 12.8 Å². The number of hydrogen-bond acceptors (Lipinski definition) is 3. The second-order valence-corrected chi connectivity index (χ2v) is 8.94. The van der Waals surface area contributed by atoms with Gasteiger partial charge in [-0.05, 0) is 50.5 Å². The second-order valence-electron chi connectivity index (χ2n) is 7.05. The maximum atomic E-state index is 13.2. The molecule has 1 atom stereocenters. The monoisotopic (exact) mass is 384 g/mol. The average Bonchev–Trinajstić information content (AvgIpc) is 2.61. The zero-order valence-corrected chi connectivity index (χ0v) is 16.4. The smallest absolute Gasteiger partial charge is 0.243 e. The number of carbonyl (C=O) groups is 1. The third-order valence-corrected chi connectivity index (χ3v) is 6.74. The van der Waals surface area contributed by atoms with Crippen LogP contribution in [0.25, 0.3) is 0 Å². The van der Waals surface area contributed by atoms with Crippen LogP contribution in [0, 0.1) is 5.82 Å². The van der Waals surface area contributed by atoms with Crippen LogP contribution >= 0.6 is 0 Å². The van der Waals surface area contributed by atoms with Gasteiger partial charge in [-0.2, -0.15) is 4.31 Å². The van der Waals surface area contributed by atoms with Crippen LogP contribution in [-0.2, 0) is 14.8 Å². The highest BCUT2D eigenvalue weighted by molar-refractivity contribution is 7.89. The summed E-state index contributed by atoms with van der Waals surface area (Å²) in [6, 6.07) is 4.61. The van der Waals surface area contributed by atoms with Crippen molar-refractivity contribution in [1.29, 1.82) is 0 Å². The van der Waals surface area contributed by atoms with Crippen molar-refractivity contribution in [1.82, 2.24) is 9.62 Å². The molecule has 1 aliphatic rings. The Morgan fingerprint density at radius 3 is 2.42 bits per heavy atom. The van der Waals surface area contributed by atoms with Gasteiger partial charge in [0.05, 0.1) is 11.4 Å². The van der Waals surface area contributed by atoms with Crippen molar-refractivity contribution in [2.45, 2.75) is 75.8 Å². The van der Waals surface area contributed by atoms with Crippen LogP contribution in [0.5, 0.6) is 0 Å². The molecule has 1 saturated carbocycles. The molecular formula is C19H29FN2O3S. The summed E-state index contributed by atoms with van der Waals surface area (Å²) in [5.74, 6) is -0.776. The molecule has 0 aliphatic heterocycles. The number of nitrogens with one attached hydrogen (secondary N) is 1. The molecule has 1 aliphatic carbocycles. The number of hydrogen-bond donors (Lipinski definition) is 1. The quantitative estimate of drug-likeness (QED) is 0.746. The zero-order valence-electron chi connectivity index (χ0n) is 15.6. The lowest BCUT2D eigenvalue weighted by Crippen LogP contribution is -2.48. The third kappa shape index (κ3) is 5.51. The third-order valence-electron chi connectivity index (χ3n) is 4.83. The first-order valence-corrected chi connectivity index (χ1v) is 10.9. The van der Waals surface area contributed by atoms with E-state index in [4.69, 9.17) is 0 Å². The topological polar surface area (TPSA) is 66.5 Å². The van der Waals surface area contributed by atoms with E-state index >= 15 is 0 Å². The Morgan fingerprint density at radius 1 is 1.23 bits per heavy atom. The van der Waals surface area contributed by atoms with E-state index in [0.717, 1.165) is 57.1 Å². The molecular weight excluding hydrogens is 355 g/mol. The zero-order chi connectivity index (χ0) is 19.2. The van der Waals surface area contributed by atoms with Gasteiger partial charge in [0.1, 0.15) is 5.82 Å². The van der Waals surface area contributed by atoms with E-state index in [9.17, 15) is 17.6 Å². The minimum atomic E-state index is -3.85. The van der Waals surface area contributed by atoms with Gasteiger partial charge in [0, 0.05) is 12.1 Å². The molecule has 0 heterocycles. The molecule has 1 aromatic carbocycles. The van der Waals surface area contributed by atoms with Crippen LogP contribution in [0.15, 0.2) is 29.2 Å². The fourth-order valence-corrected chi connectivity index (χ4v) is 5.13. The lowest BCUT2D eigenvalue weighted by molar-refractivity contribution is -0.122. The van der Waals surface area contributed by atoms with Gasteiger partial charge in [0.25, 0.3) is 0 Å². The maximum Gasteiger partial charge on any atom is 0.243 e. The van der Waals surface area contributed by atoms with Gasteiger partial charge in [-0.3, -0.25) is 4.79 Å². The highest BCUT2D eigenvalue weighted by Gasteiger charge is 2.34. The molecule has 1 N–H and O–H groups in total. The molecule has 26 heavy (non-hydrogen) atoms. The lowest BCUT2D eigenvalue weighted by Gasteiger charge is -2.33. The van der Waals surface area contributed by atoms with Crippen LogP contribution in [0.3, 0.4) is 0 Å². The van der Waals surface area contributed by atoms with Gasteiger partial charge in [-0.1, -0.05) is 32.6 Å². The molecule has 0 radical (unpaired) electrons. The summed E-state index contributed by atoms with van der Waals surface area (Å²) in [4.78, 5) is 12.5. The SMILES string of the molecule is CCC[C@@H](C)NC(=O)CN(C1CCCCC1)S(=O)(=O)c1ccc(F)cc1. The number of amides is 1. The molecule has 1 aromatic rings. The van der Waals surface area contributed by atoms with Crippen LogP contribution in [0.1, 0.15) is 58.8 Å². The summed E-state index contributed by atoms with van der Waals surface area (Å²) < 4.78 is 40.7. The largest absolute Gasteiger partial charge is 0.353 e. The summed E-state index contributed by atoms with van der Waals surface area (Å²) in [5, 5.41) is 2.88. The van der Waals surface area contributed by atoms with Crippen LogP contribution in [-0.4, -0.2) is 37.3 Å². The van der Waals surface area contributed by atoms with E-state index in [1.807, 2.05) is 13.8 Å². The molecule has 7 heteroatoms. The average molecular weight is 385 g/mol. The fourth-order valence-electron chi connectivity index (χ4n) is 3.49. The van der Waals surface area contributed by atoms with E-state index in [2.05, 4.69) is 5.32 Å². The number of carbonyl (C=O) groups excluding carboxylic acids is 1. The predicted molar refractivity (Wildman–Crippen MR) is 99.7 cm³/mol. The van der Waals surface area contributed by atoms with E-state index in [1.54, 1.807) is 0 Å². The Balaban J connectivity index is 2.22. The van der Waals surface area contributed by atoms with Gasteiger partial charge in [0.2, 0.25) is 15.9 Å². The molecule has 1 fully saturated rings.